The van der Waals surface area contributed by atoms with Crippen molar-refractivity contribution < 1.29 is 17.6 Å². The van der Waals surface area contributed by atoms with Gasteiger partial charge in [-0.05, 0) is 56.3 Å². The van der Waals surface area contributed by atoms with Crippen molar-refractivity contribution in [2.75, 3.05) is 26.2 Å². The number of hydrogen-bond donors (Lipinski definition) is 2. The fourth-order valence-electron chi connectivity index (χ4n) is 3.26. The molecule has 3 rings (SSSR count). The second-order valence-corrected chi connectivity index (χ2v) is 8.89. The van der Waals surface area contributed by atoms with E-state index in [1.807, 2.05) is 12.1 Å². The molecule has 0 saturated carbocycles. The van der Waals surface area contributed by atoms with Gasteiger partial charge < -0.3 is 9.73 Å². The molecule has 1 fully saturated rings. The van der Waals surface area contributed by atoms with Crippen molar-refractivity contribution in [2.45, 2.75) is 30.2 Å². The molecule has 1 aromatic carbocycles. The average molecular weight is 426 g/mol. The van der Waals surface area contributed by atoms with E-state index in [4.69, 9.17) is 16.0 Å². The topological polar surface area (TPSA) is 91.6 Å². The molecule has 152 valence electrons. The number of hydrogen-bond acceptors (Lipinski definition) is 5. The van der Waals surface area contributed by atoms with Gasteiger partial charge in [0, 0.05) is 24.5 Å². The Balaban J connectivity index is 1.48. The molecule has 1 unspecified atom stereocenters. The summed E-state index contributed by atoms with van der Waals surface area (Å²) in [6, 6.07) is 9.73. The third-order valence-electron chi connectivity index (χ3n) is 4.70. The van der Waals surface area contributed by atoms with Crippen LogP contribution in [-0.2, 0) is 14.8 Å². The highest BCUT2D eigenvalue weighted by Gasteiger charge is 2.26. The number of carbonyl (C=O) groups is 1. The molecule has 1 aliphatic heterocycles. The van der Waals surface area contributed by atoms with E-state index in [-0.39, 0.29) is 29.8 Å². The number of halogens is 1. The van der Waals surface area contributed by atoms with Crippen molar-refractivity contribution in [2.24, 2.45) is 0 Å². The lowest BCUT2D eigenvalue weighted by atomic mass is 10.2. The Labute approximate surface area is 170 Å². The van der Waals surface area contributed by atoms with Crippen LogP contribution in [0.25, 0.3) is 0 Å². The van der Waals surface area contributed by atoms with Gasteiger partial charge in [-0.1, -0.05) is 17.7 Å². The Hall–Kier alpha value is -1.87. The minimum Gasteiger partial charge on any atom is -0.468 e. The molecule has 1 amide bonds. The molecule has 0 aliphatic carbocycles. The minimum absolute atomic E-state index is 0.00963. The fourth-order valence-corrected chi connectivity index (χ4v) is 4.59. The van der Waals surface area contributed by atoms with Crippen LogP contribution in [0.4, 0.5) is 0 Å². The normalized spacial score (nSPS) is 16.2. The summed E-state index contributed by atoms with van der Waals surface area (Å²) >= 11 is 5.83. The van der Waals surface area contributed by atoms with Gasteiger partial charge in [-0.25, -0.2) is 13.1 Å². The van der Waals surface area contributed by atoms with Crippen molar-refractivity contribution in [1.29, 1.82) is 0 Å². The van der Waals surface area contributed by atoms with Gasteiger partial charge in [-0.2, -0.15) is 0 Å². The van der Waals surface area contributed by atoms with Crippen LogP contribution in [0.1, 0.15) is 31.1 Å². The quantitative estimate of drug-likeness (QED) is 0.644. The largest absolute Gasteiger partial charge is 0.468 e. The Bertz CT molecular complexity index is 880. The molecule has 2 aromatic rings. The van der Waals surface area contributed by atoms with Crippen molar-refractivity contribution in [3.05, 3.63) is 53.4 Å². The third-order valence-corrected chi connectivity index (χ3v) is 6.39. The van der Waals surface area contributed by atoms with Crippen molar-refractivity contribution in [3.8, 4) is 0 Å². The predicted molar refractivity (Wildman–Crippen MR) is 107 cm³/mol. The van der Waals surface area contributed by atoms with Crippen LogP contribution in [0, 0.1) is 0 Å². The van der Waals surface area contributed by atoms with Crippen LogP contribution in [-0.4, -0.2) is 45.4 Å². The zero-order valence-corrected chi connectivity index (χ0v) is 17.0. The first kappa shape index (κ1) is 20.9. The number of nitrogens with zero attached hydrogens (tertiary/aromatic N) is 1. The maximum atomic E-state index is 12.2. The molecule has 1 aromatic heterocycles. The monoisotopic (exact) mass is 425 g/mol. The number of rotatable bonds is 9. The smallest absolute Gasteiger partial charge is 0.240 e. The second-order valence-electron chi connectivity index (χ2n) is 6.68. The van der Waals surface area contributed by atoms with Crippen molar-refractivity contribution >= 4 is 27.5 Å². The van der Waals surface area contributed by atoms with Crippen LogP contribution in [0.2, 0.25) is 5.02 Å². The second kappa shape index (κ2) is 9.56. The number of nitrogens with one attached hydrogen (secondary N) is 2. The molecule has 0 bridgehead atoms. The summed E-state index contributed by atoms with van der Waals surface area (Å²) in [6.45, 7) is 2.38. The summed E-state index contributed by atoms with van der Waals surface area (Å²) in [6.07, 6.45) is 3.95. The van der Waals surface area contributed by atoms with Gasteiger partial charge in [-0.15, -0.1) is 0 Å². The average Bonchev–Trinajstić information content (AvgIpc) is 3.36. The Kier molecular flexibility index (Phi) is 7.12. The van der Waals surface area contributed by atoms with E-state index in [1.165, 1.54) is 12.1 Å². The Morgan fingerprint density at radius 2 is 2.00 bits per heavy atom. The standard InChI is InChI=1S/C19H24ClN3O4S/c20-15-5-3-6-16(13-15)28(25,26)22-9-8-19(24)21-14-17(18-7-4-12-27-18)23-10-1-2-11-23/h3-7,12-13,17,22H,1-2,8-11,14H2,(H,21,24). The maximum Gasteiger partial charge on any atom is 0.240 e. The number of amides is 1. The first-order chi connectivity index (χ1) is 13.5. The van der Waals surface area contributed by atoms with Crippen LogP contribution in [0.15, 0.2) is 52.0 Å². The Morgan fingerprint density at radius 3 is 2.68 bits per heavy atom. The lowest BCUT2D eigenvalue weighted by Gasteiger charge is -2.26. The van der Waals surface area contributed by atoms with Gasteiger partial charge in [0.15, 0.2) is 0 Å². The van der Waals surface area contributed by atoms with Gasteiger partial charge in [0.2, 0.25) is 15.9 Å². The van der Waals surface area contributed by atoms with E-state index in [2.05, 4.69) is 14.9 Å². The van der Waals surface area contributed by atoms with Crippen molar-refractivity contribution in [1.82, 2.24) is 14.9 Å². The number of sulfonamides is 1. The molecule has 9 heteroatoms. The Morgan fingerprint density at radius 1 is 1.21 bits per heavy atom. The minimum atomic E-state index is -3.70. The molecule has 1 aliphatic rings. The molecule has 1 saturated heterocycles. The first-order valence-electron chi connectivity index (χ1n) is 9.25. The lowest BCUT2D eigenvalue weighted by molar-refractivity contribution is -0.121. The van der Waals surface area contributed by atoms with Crippen LogP contribution in [0.5, 0.6) is 0 Å². The third kappa shape index (κ3) is 5.57. The molecular formula is C19H24ClN3O4S. The van der Waals surface area contributed by atoms with E-state index in [0.717, 1.165) is 31.7 Å². The van der Waals surface area contributed by atoms with E-state index >= 15 is 0 Å². The van der Waals surface area contributed by atoms with Crippen LogP contribution < -0.4 is 10.0 Å². The number of likely N-dealkylation sites (tertiary alicyclic amines) is 1. The number of furan rings is 1. The van der Waals surface area contributed by atoms with E-state index < -0.39 is 10.0 Å². The van der Waals surface area contributed by atoms with Gasteiger partial charge in [-0.3, -0.25) is 9.69 Å². The van der Waals surface area contributed by atoms with Gasteiger partial charge in [0.25, 0.3) is 0 Å². The number of carbonyl (C=O) groups excluding carboxylic acids is 1. The van der Waals surface area contributed by atoms with Crippen LogP contribution >= 0.6 is 11.6 Å². The fraction of sp³-hybridized carbons (Fsp3) is 0.421. The highest BCUT2D eigenvalue weighted by Crippen LogP contribution is 2.24. The highest BCUT2D eigenvalue weighted by atomic mass is 35.5. The first-order valence-corrected chi connectivity index (χ1v) is 11.1. The molecule has 1 atom stereocenters. The SMILES string of the molecule is O=C(CCNS(=O)(=O)c1cccc(Cl)c1)NCC(c1ccco1)N1CCCC1. The number of benzene rings is 1. The summed E-state index contributed by atoms with van der Waals surface area (Å²) in [7, 11) is -3.70. The molecule has 0 spiro atoms. The summed E-state index contributed by atoms with van der Waals surface area (Å²) in [5, 5.41) is 3.23. The van der Waals surface area contributed by atoms with Gasteiger partial charge in [0.05, 0.1) is 17.2 Å². The summed E-state index contributed by atoms with van der Waals surface area (Å²) in [5.74, 6) is 0.605. The molecule has 2 N–H and O–H groups in total. The zero-order valence-electron chi connectivity index (χ0n) is 15.4. The van der Waals surface area contributed by atoms with Gasteiger partial charge in [0.1, 0.15) is 5.76 Å². The van der Waals surface area contributed by atoms with Crippen molar-refractivity contribution in [3.63, 3.8) is 0 Å². The lowest BCUT2D eigenvalue weighted by Crippen LogP contribution is -2.37. The molecule has 0 radical (unpaired) electrons. The highest BCUT2D eigenvalue weighted by molar-refractivity contribution is 7.89. The van der Waals surface area contributed by atoms with E-state index in [1.54, 1.807) is 18.4 Å². The molecular weight excluding hydrogens is 402 g/mol. The predicted octanol–water partition coefficient (Wildman–Crippen LogP) is 2.55. The van der Waals surface area contributed by atoms with E-state index in [9.17, 15) is 13.2 Å². The van der Waals surface area contributed by atoms with E-state index in [0.29, 0.717) is 11.6 Å². The molecule has 7 nitrogen and oxygen atoms in total. The zero-order chi connectivity index (χ0) is 20.0. The summed E-state index contributed by atoms with van der Waals surface area (Å²) in [4.78, 5) is 14.6. The molecule has 28 heavy (non-hydrogen) atoms. The molecule has 2 heterocycles. The van der Waals surface area contributed by atoms with Gasteiger partial charge >= 0.3 is 0 Å². The van der Waals surface area contributed by atoms with Crippen LogP contribution in [0.3, 0.4) is 0 Å². The summed E-state index contributed by atoms with van der Waals surface area (Å²) in [5.41, 5.74) is 0. The summed E-state index contributed by atoms with van der Waals surface area (Å²) < 4.78 is 32.4. The maximum absolute atomic E-state index is 12.2.